The fourth-order valence-electron chi connectivity index (χ4n) is 3.79. The standard InChI is InChI=1S/C27H37Cl2N3O4S/c1-7-20(4)30-27(34)21(5)31(17-23-24(28)10-8-11-25(23)29)26(33)12-9-15-32(37(6,35)36)22-14-13-18(2)19(3)16-22/h8,10-11,13-14,16,20-21H,7,9,12,15,17H2,1-6H3,(H,30,34)/t20-,21+/m1/s1. The number of hydrogen-bond donors (Lipinski definition) is 1. The summed E-state index contributed by atoms with van der Waals surface area (Å²) in [4.78, 5) is 27.8. The molecular formula is C27H37Cl2N3O4S. The summed E-state index contributed by atoms with van der Waals surface area (Å²) in [6, 6.07) is 9.72. The molecule has 1 N–H and O–H groups in total. The van der Waals surface area contributed by atoms with Crippen LogP contribution in [0.3, 0.4) is 0 Å². The van der Waals surface area contributed by atoms with Gasteiger partial charge < -0.3 is 10.2 Å². The minimum Gasteiger partial charge on any atom is -0.352 e. The van der Waals surface area contributed by atoms with Crippen LogP contribution in [0.25, 0.3) is 0 Å². The molecule has 0 fully saturated rings. The number of carbonyl (C=O) groups is 2. The maximum Gasteiger partial charge on any atom is 0.242 e. The molecule has 0 heterocycles. The van der Waals surface area contributed by atoms with Crippen molar-refractivity contribution in [2.24, 2.45) is 0 Å². The normalized spacial score (nSPS) is 13.1. The van der Waals surface area contributed by atoms with Crippen LogP contribution in [0, 0.1) is 13.8 Å². The predicted octanol–water partition coefficient (Wildman–Crippen LogP) is 5.49. The second-order valence-corrected chi connectivity index (χ2v) is 12.1. The SMILES string of the molecule is CC[C@@H](C)NC(=O)[C@H](C)N(Cc1c(Cl)cccc1Cl)C(=O)CCCN(c1ccc(C)c(C)c1)S(C)(=O)=O. The highest BCUT2D eigenvalue weighted by Gasteiger charge is 2.28. The number of halogens is 2. The van der Waals surface area contributed by atoms with Crippen LogP contribution in [0.5, 0.6) is 0 Å². The van der Waals surface area contributed by atoms with Gasteiger partial charge in [-0.1, -0.05) is 42.3 Å². The van der Waals surface area contributed by atoms with E-state index in [0.717, 1.165) is 23.8 Å². The molecule has 2 aromatic carbocycles. The van der Waals surface area contributed by atoms with E-state index in [0.29, 0.717) is 21.3 Å². The lowest BCUT2D eigenvalue weighted by Crippen LogP contribution is -2.49. The molecule has 10 heteroatoms. The first kappa shape index (κ1) is 30.9. The van der Waals surface area contributed by atoms with E-state index in [-0.39, 0.29) is 43.8 Å². The fraction of sp³-hybridized carbons (Fsp3) is 0.481. The number of aryl methyl sites for hydroxylation is 2. The summed E-state index contributed by atoms with van der Waals surface area (Å²) in [5.41, 5.74) is 3.14. The molecule has 2 amide bonds. The van der Waals surface area contributed by atoms with Crippen LogP contribution < -0.4 is 9.62 Å². The van der Waals surface area contributed by atoms with Crippen molar-refractivity contribution in [2.75, 3.05) is 17.1 Å². The number of rotatable bonds is 12. The number of benzene rings is 2. The number of anilines is 1. The molecule has 0 saturated carbocycles. The van der Waals surface area contributed by atoms with Crippen molar-refractivity contribution in [3.8, 4) is 0 Å². The average Bonchev–Trinajstić information content (AvgIpc) is 2.82. The summed E-state index contributed by atoms with van der Waals surface area (Å²) in [6.07, 6.45) is 2.21. The first-order valence-corrected chi connectivity index (χ1v) is 14.9. The zero-order valence-electron chi connectivity index (χ0n) is 22.3. The van der Waals surface area contributed by atoms with E-state index in [4.69, 9.17) is 23.2 Å². The third kappa shape index (κ3) is 8.62. The Kier molecular flexibility index (Phi) is 11.3. The van der Waals surface area contributed by atoms with Crippen LogP contribution in [0.1, 0.15) is 56.7 Å². The molecule has 0 saturated heterocycles. The summed E-state index contributed by atoms with van der Waals surface area (Å²) >= 11 is 12.7. The maximum absolute atomic E-state index is 13.4. The molecule has 0 aliphatic carbocycles. The molecule has 204 valence electrons. The number of amides is 2. The van der Waals surface area contributed by atoms with Gasteiger partial charge in [-0.15, -0.1) is 0 Å². The fourth-order valence-corrected chi connectivity index (χ4v) is 5.26. The third-order valence-corrected chi connectivity index (χ3v) is 8.39. The first-order chi connectivity index (χ1) is 17.3. The van der Waals surface area contributed by atoms with Crippen molar-refractivity contribution in [3.05, 3.63) is 63.1 Å². The molecule has 0 bridgehead atoms. The van der Waals surface area contributed by atoms with Crippen LogP contribution in [-0.4, -0.2) is 50.0 Å². The Balaban J connectivity index is 2.25. The van der Waals surface area contributed by atoms with Crippen LogP contribution >= 0.6 is 23.2 Å². The Hall–Kier alpha value is -2.29. The molecule has 0 spiro atoms. The highest BCUT2D eigenvalue weighted by Crippen LogP contribution is 2.27. The molecule has 37 heavy (non-hydrogen) atoms. The molecule has 0 aromatic heterocycles. The van der Waals surface area contributed by atoms with Crippen molar-refractivity contribution >= 4 is 50.7 Å². The number of carbonyl (C=O) groups excluding carboxylic acids is 2. The highest BCUT2D eigenvalue weighted by atomic mass is 35.5. The minimum atomic E-state index is -3.56. The lowest BCUT2D eigenvalue weighted by atomic mass is 10.1. The summed E-state index contributed by atoms with van der Waals surface area (Å²) in [6.45, 7) is 9.59. The molecule has 7 nitrogen and oxygen atoms in total. The van der Waals surface area contributed by atoms with E-state index < -0.39 is 16.1 Å². The van der Waals surface area contributed by atoms with Gasteiger partial charge in [0, 0.05) is 41.2 Å². The van der Waals surface area contributed by atoms with Gasteiger partial charge >= 0.3 is 0 Å². The third-order valence-electron chi connectivity index (χ3n) is 6.49. The summed E-state index contributed by atoms with van der Waals surface area (Å²) in [5.74, 6) is -0.574. The van der Waals surface area contributed by atoms with Crippen molar-refractivity contribution in [2.45, 2.75) is 72.5 Å². The van der Waals surface area contributed by atoms with Crippen molar-refractivity contribution in [3.63, 3.8) is 0 Å². The number of nitrogens with one attached hydrogen (secondary N) is 1. The number of sulfonamides is 1. The molecular weight excluding hydrogens is 533 g/mol. The average molecular weight is 571 g/mol. The largest absolute Gasteiger partial charge is 0.352 e. The summed E-state index contributed by atoms with van der Waals surface area (Å²) in [7, 11) is -3.56. The van der Waals surface area contributed by atoms with E-state index in [9.17, 15) is 18.0 Å². The highest BCUT2D eigenvalue weighted by molar-refractivity contribution is 7.92. The van der Waals surface area contributed by atoms with Gasteiger partial charge in [-0.2, -0.15) is 0 Å². The van der Waals surface area contributed by atoms with E-state index in [1.54, 1.807) is 31.2 Å². The van der Waals surface area contributed by atoms with Gasteiger partial charge in [0.1, 0.15) is 6.04 Å². The first-order valence-electron chi connectivity index (χ1n) is 12.3. The Labute approximate surface area is 231 Å². The molecule has 2 rings (SSSR count). The maximum atomic E-state index is 13.4. The lowest BCUT2D eigenvalue weighted by Gasteiger charge is -2.30. The second-order valence-electron chi connectivity index (χ2n) is 9.42. The molecule has 0 aliphatic rings. The predicted molar refractivity (Wildman–Crippen MR) is 152 cm³/mol. The zero-order chi connectivity index (χ0) is 27.9. The van der Waals surface area contributed by atoms with E-state index in [1.165, 1.54) is 9.21 Å². The van der Waals surface area contributed by atoms with Crippen LogP contribution in [0.15, 0.2) is 36.4 Å². The van der Waals surface area contributed by atoms with E-state index in [1.807, 2.05) is 39.8 Å². The van der Waals surface area contributed by atoms with E-state index >= 15 is 0 Å². The Morgan fingerprint density at radius 1 is 1.03 bits per heavy atom. The topological polar surface area (TPSA) is 86.8 Å². The van der Waals surface area contributed by atoms with Gasteiger partial charge in [0.05, 0.1) is 11.9 Å². The summed E-state index contributed by atoms with van der Waals surface area (Å²) < 4.78 is 26.4. The van der Waals surface area contributed by atoms with Crippen molar-refractivity contribution < 1.29 is 18.0 Å². The zero-order valence-corrected chi connectivity index (χ0v) is 24.7. The van der Waals surface area contributed by atoms with Crippen molar-refractivity contribution in [1.82, 2.24) is 10.2 Å². The van der Waals surface area contributed by atoms with Gasteiger partial charge in [-0.3, -0.25) is 13.9 Å². The van der Waals surface area contributed by atoms with Gasteiger partial charge in [-0.05, 0) is 75.9 Å². The molecule has 2 atom stereocenters. The Morgan fingerprint density at radius 2 is 1.65 bits per heavy atom. The Bertz CT molecular complexity index is 1200. The minimum absolute atomic E-state index is 0.0416. The van der Waals surface area contributed by atoms with E-state index in [2.05, 4.69) is 5.32 Å². The molecule has 2 aromatic rings. The van der Waals surface area contributed by atoms with Crippen LogP contribution in [-0.2, 0) is 26.2 Å². The van der Waals surface area contributed by atoms with Crippen LogP contribution in [0.2, 0.25) is 10.0 Å². The smallest absolute Gasteiger partial charge is 0.242 e. The summed E-state index contributed by atoms with van der Waals surface area (Å²) in [5, 5.41) is 3.72. The van der Waals surface area contributed by atoms with Gasteiger partial charge in [0.2, 0.25) is 21.8 Å². The Morgan fingerprint density at radius 3 is 2.19 bits per heavy atom. The second kappa shape index (κ2) is 13.5. The van der Waals surface area contributed by atoms with Crippen LogP contribution in [0.4, 0.5) is 5.69 Å². The molecule has 0 radical (unpaired) electrons. The van der Waals surface area contributed by atoms with Gasteiger partial charge in [0.25, 0.3) is 0 Å². The lowest BCUT2D eigenvalue weighted by molar-refractivity contribution is -0.140. The number of nitrogens with zero attached hydrogens (tertiary/aromatic N) is 2. The van der Waals surface area contributed by atoms with Gasteiger partial charge in [-0.25, -0.2) is 8.42 Å². The quantitative estimate of drug-likeness (QED) is 0.366. The van der Waals surface area contributed by atoms with Crippen molar-refractivity contribution in [1.29, 1.82) is 0 Å². The molecule has 0 unspecified atom stereocenters. The number of hydrogen-bond acceptors (Lipinski definition) is 4. The van der Waals surface area contributed by atoms with Gasteiger partial charge in [0.15, 0.2) is 0 Å². The molecule has 0 aliphatic heterocycles. The monoisotopic (exact) mass is 569 g/mol.